The lowest BCUT2D eigenvalue weighted by atomic mass is 9.95. The summed E-state index contributed by atoms with van der Waals surface area (Å²) in [5, 5.41) is 9.86. The molecule has 0 bridgehead atoms. The first-order valence-corrected chi connectivity index (χ1v) is 22.4. The fourth-order valence-corrected chi connectivity index (χ4v) is 8.96. The second-order valence-corrected chi connectivity index (χ2v) is 17.0. The van der Waals surface area contributed by atoms with E-state index in [1.807, 2.05) is 42.5 Å². The third kappa shape index (κ3) is 9.83. The van der Waals surface area contributed by atoms with E-state index < -0.39 is 24.0 Å². The first kappa shape index (κ1) is 43.2. The van der Waals surface area contributed by atoms with Crippen molar-refractivity contribution < 1.29 is 19.1 Å². The lowest BCUT2D eigenvalue weighted by molar-refractivity contribution is -0.140. The zero-order valence-corrected chi connectivity index (χ0v) is 37.0. The Labute approximate surface area is 391 Å². The number of hydrogen-bond acceptors (Lipinski definition) is 7. The summed E-state index contributed by atoms with van der Waals surface area (Å²) in [4.78, 5) is 40.8. The molecule has 0 unspecified atom stereocenters. The molecule has 320 valence electrons. The molecule has 1 N–H and O–H groups in total. The number of allylic oxidation sites excluding steroid dienone is 2. The number of amides is 1. The zero-order chi connectivity index (χ0) is 45.4. The molecule has 9 heteroatoms. The molecule has 0 spiro atoms. The fourth-order valence-electron chi connectivity index (χ4n) is 7.75. The summed E-state index contributed by atoms with van der Waals surface area (Å²) in [6.07, 6.45) is 9.05. The van der Waals surface area contributed by atoms with E-state index in [9.17, 15) is 14.4 Å². The molecule has 2 heterocycles. The van der Waals surface area contributed by atoms with E-state index >= 15 is 0 Å². The van der Waals surface area contributed by atoms with Crippen molar-refractivity contribution in [1.82, 2.24) is 4.90 Å². The standard InChI is InChI=1S/C57H40N2O5S2/c60-54(61)38-58-55(62)53(66-57(58)65)23-13-22-46-36-45-28-33-49(37-52(45)64-56(46)63)59(47-29-24-39(25-30-47)34-50(41-14-5-1-6-15-41)42-16-7-2-8-17-42)48-31-26-40(27-32-48)35-51(43-18-9-3-10-19-43)44-20-11-4-12-21-44/h1-37H,38H2,(H,60,61)/b22-13+,53-23+. The summed E-state index contributed by atoms with van der Waals surface area (Å²) in [5.74, 6) is -1.65. The van der Waals surface area contributed by atoms with Crippen LogP contribution >= 0.6 is 24.0 Å². The fraction of sp³-hybridized carbons (Fsp3) is 0.0175. The second-order valence-electron chi connectivity index (χ2n) is 15.4. The largest absolute Gasteiger partial charge is 0.480 e. The van der Waals surface area contributed by atoms with Gasteiger partial charge in [-0.1, -0.05) is 176 Å². The predicted octanol–water partition coefficient (Wildman–Crippen LogP) is 13.3. The maximum Gasteiger partial charge on any atom is 0.343 e. The molecule has 9 rings (SSSR count). The Kier molecular flexibility index (Phi) is 12.9. The van der Waals surface area contributed by atoms with Gasteiger partial charge < -0.3 is 14.4 Å². The molecule has 1 aliphatic heterocycles. The third-order valence-corrected chi connectivity index (χ3v) is 12.4. The normalized spacial score (nSPS) is 13.0. The second kappa shape index (κ2) is 19.7. The highest BCUT2D eigenvalue weighted by Crippen LogP contribution is 2.38. The van der Waals surface area contributed by atoms with Crippen molar-refractivity contribution in [3.8, 4) is 0 Å². The van der Waals surface area contributed by atoms with Crippen LogP contribution < -0.4 is 10.5 Å². The molecule has 0 radical (unpaired) electrons. The van der Waals surface area contributed by atoms with Crippen LogP contribution in [0.3, 0.4) is 0 Å². The number of fused-ring (bicyclic) bond motifs is 1. The smallest absolute Gasteiger partial charge is 0.343 e. The maximum atomic E-state index is 13.4. The Morgan fingerprint density at radius 1 is 0.606 bits per heavy atom. The van der Waals surface area contributed by atoms with Crippen LogP contribution in [-0.4, -0.2) is 32.7 Å². The maximum absolute atomic E-state index is 13.4. The number of carbonyl (C=O) groups excluding carboxylic acids is 1. The van der Waals surface area contributed by atoms with Crippen LogP contribution in [0.4, 0.5) is 17.1 Å². The van der Waals surface area contributed by atoms with Gasteiger partial charge >= 0.3 is 11.6 Å². The number of hydrogen-bond donors (Lipinski definition) is 1. The quantitative estimate of drug-likeness (QED) is 0.0530. The van der Waals surface area contributed by atoms with Gasteiger partial charge in [-0.05, 0) is 111 Å². The Bertz CT molecular complexity index is 3040. The van der Waals surface area contributed by atoms with Crippen molar-refractivity contribution in [3.05, 3.63) is 261 Å². The van der Waals surface area contributed by atoms with Crippen molar-refractivity contribution in [2.75, 3.05) is 11.4 Å². The van der Waals surface area contributed by atoms with Gasteiger partial charge in [0.1, 0.15) is 16.4 Å². The summed E-state index contributed by atoms with van der Waals surface area (Å²) < 4.78 is 6.10. The van der Waals surface area contributed by atoms with Crippen molar-refractivity contribution in [2.24, 2.45) is 0 Å². The van der Waals surface area contributed by atoms with E-state index in [-0.39, 0.29) is 14.8 Å². The molecule has 7 aromatic carbocycles. The molecular weight excluding hydrogens is 857 g/mol. The van der Waals surface area contributed by atoms with E-state index in [0.29, 0.717) is 11.0 Å². The first-order valence-electron chi connectivity index (χ1n) is 21.1. The van der Waals surface area contributed by atoms with Crippen LogP contribution in [0.1, 0.15) is 38.9 Å². The lowest BCUT2D eigenvalue weighted by Crippen LogP contribution is -2.33. The van der Waals surface area contributed by atoms with Crippen molar-refractivity contribution >= 4 is 97.6 Å². The minimum absolute atomic E-state index is 0.165. The Morgan fingerprint density at radius 2 is 1.06 bits per heavy atom. The molecule has 0 saturated carbocycles. The van der Waals surface area contributed by atoms with Gasteiger partial charge in [-0.2, -0.15) is 0 Å². The van der Waals surface area contributed by atoms with Crippen molar-refractivity contribution in [3.63, 3.8) is 0 Å². The van der Waals surface area contributed by atoms with Gasteiger partial charge in [0.25, 0.3) is 5.91 Å². The van der Waals surface area contributed by atoms with E-state index in [0.717, 1.165) is 78.3 Å². The van der Waals surface area contributed by atoms with Gasteiger partial charge in [-0.25, -0.2) is 4.79 Å². The highest BCUT2D eigenvalue weighted by Gasteiger charge is 2.33. The van der Waals surface area contributed by atoms with Crippen LogP contribution in [0.2, 0.25) is 0 Å². The molecule has 1 aliphatic rings. The van der Waals surface area contributed by atoms with Gasteiger partial charge in [-0.15, -0.1) is 0 Å². The number of thiocarbonyl (C=S) groups is 1. The molecule has 0 atom stereocenters. The van der Waals surface area contributed by atoms with Crippen LogP contribution in [0.5, 0.6) is 0 Å². The van der Waals surface area contributed by atoms with Crippen LogP contribution in [0.25, 0.3) is 40.3 Å². The number of benzene rings is 7. The summed E-state index contributed by atoms with van der Waals surface area (Å²) in [7, 11) is 0. The minimum Gasteiger partial charge on any atom is -0.480 e. The van der Waals surface area contributed by atoms with Crippen molar-refractivity contribution in [2.45, 2.75) is 0 Å². The number of aliphatic carboxylic acids is 1. The summed E-state index contributed by atoms with van der Waals surface area (Å²) in [6.45, 7) is -0.514. The molecule has 66 heavy (non-hydrogen) atoms. The van der Waals surface area contributed by atoms with Gasteiger partial charge in [-0.3, -0.25) is 14.5 Å². The highest BCUT2D eigenvalue weighted by atomic mass is 32.2. The molecular formula is C57H40N2O5S2. The lowest BCUT2D eigenvalue weighted by Gasteiger charge is -2.26. The molecule has 1 saturated heterocycles. The SMILES string of the molecule is O=C(O)CN1C(=O)/C(=C\C=C\c2cc3ccc(N(c4ccc(C=C(c5ccccc5)c5ccccc5)cc4)c4ccc(C=C(c5ccccc5)c5ccccc5)cc4)cc3oc2=O)SC1=S. The number of thioether (sulfide) groups is 1. The van der Waals surface area contributed by atoms with Gasteiger partial charge in [0.05, 0.1) is 10.5 Å². The molecule has 1 aromatic heterocycles. The molecule has 1 amide bonds. The zero-order valence-electron chi connectivity index (χ0n) is 35.4. The number of carboxylic acid groups (broad SMARTS) is 1. The number of rotatable bonds is 13. The van der Waals surface area contributed by atoms with Crippen LogP contribution in [0, 0.1) is 0 Å². The molecule has 0 aliphatic carbocycles. The number of carbonyl (C=O) groups is 2. The molecule has 8 aromatic rings. The van der Waals surface area contributed by atoms with Crippen LogP contribution in [0.15, 0.2) is 220 Å². The Morgan fingerprint density at radius 3 is 1.52 bits per heavy atom. The first-order chi connectivity index (χ1) is 32.3. The molecule has 7 nitrogen and oxygen atoms in total. The van der Waals surface area contributed by atoms with Crippen molar-refractivity contribution in [1.29, 1.82) is 0 Å². The monoisotopic (exact) mass is 896 g/mol. The third-order valence-electron chi connectivity index (χ3n) is 11.0. The Balaban J connectivity index is 1.08. The van der Waals surface area contributed by atoms with E-state index in [1.54, 1.807) is 18.2 Å². The number of carboxylic acids is 1. The van der Waals surface area contributed by atoms with Crippen LogP contribution in [-0.2, 0) is 9.59 Å². The predicted molar refractivity (Wildman–Crippen MR) is 274 cm³/mol. The number of nitrogens with zero attached hydrogens (tertiary/aromatic N) is 2. The Hall–Kier alpha value is -8.11. The van der Waals surface area contributed by atoms with E-state index in [4.69, 9.17) is 21.7 Å². The average molecular weight is 897 g/mol. The van der Waals surface area contributed by atoms with Gasteiger partial charge in [0.2, 0.25) is 0 Å². The number of anilines is 3. The summed E-state index contributed by atoms with van der Waals surface area (Å²) in [6, 6.07) is 65.8. The molecule has 1 fully saturated rings. The van der Waals surface area contributed by atoms with E-state index in [1.165, 1.54) is 6.08 Å². The van der Waals surface area contributed by atoms with E-state index in [2.05, 4.69) is 163 Å². The average Bonchev–Trinajstić information content (AvgIpc) is 3.61. The van der Waals surface area contributed by atoms with Gasteiger partial charge in [0.15, 0.2) is 0 Å². The van der Waals surface area contributed by atoms with Gasteiger partial charge in [0, 0.05) is 28.5 Å². The topological polar surface area (TPSA) is 91.1 Å². The highest BCUT2D eigenvalue weighted by molar-refractivity contribution is 8.26. The minimum atomic E-state index is -1.16. The summed E-state index contributed by atoms with van der Waals surface area (Å²) in [5.41, 5.74) is 11.5. The summed E-state index contributed by atoms with van der Waals surface area (Å²) >= 11 is 6.21.